The summed E-state index contributed by atoms with van der Waals surface area (Å²) in [5.41, 5.74) is 4.51. The standard InChI is InChI=1S/C15H17NO/c1-10-5-6-15(11(2)7-10)16-9-14-8-12(3)17-13(14)4/h5-9H,1-4H3. The van der Waals surface area contributed by atoms with Gasteiger partial charge in [-0.25, -0.2) is 0 Å². The predicted molar refractivity (Wildman–Crippen MR) is 71.4 cm³/mol. The second-order valence-electron chi connectivity index (χ2n) is 4.42. The molecular formula is C15H17NO. The van der Waals surface area contributed by atoms with Gasteiger partial charge in [0.05, 0.1) is 5.69 Å². The van der Waals surface area contributed by atoms with Crippen LogP contribution in [0, 0.1) is 27.7 Å². The van der Waals surface area contributed by atoms with E-state index >= 15 is 0 Å². The van der Waals surface area contributed by atoms with Gasteiger partial charge in [-0.3, -0.25) is 4.99 Å². The van der Waals surface area contributed by atoms with Crippen molar-refractivity contribution in [2.24, 2.45) is 4.99 Å². The lowest BCUT2D eigenvalue weighted by atomic mass is 10.1. The topological polar surface area (TPSA) is 25.5 Å². The van der Waals surface area contributed by atoms with Gasteiger partial charge in [0, 0.05) is 11.8 Å². The Morgan fingerprint density at radius 3 is 2.41 bits per heavy atom. The average Bonchev–Trinajstić information content (AvgIpc) is 2.56. The van der Waals surface area contributed by atoms with Gasteiger partial charge >= 0.3 is 0 Å². The zero-order valence-corrected chi connectivity index (χ0v) is 10.7. The molecule has 0 atom stereocenters. The van der Waals surface area contributed by atoms with Crippen LogP contribution in [0.15, 0.2) is 33.7 Å². The van der Waals surface area contributed by atoms with Gasteiger partial charge in [-0.2, -0.15) is 0 Å². The minimum atomic E-state index is 0.913. The fourth-order valence-corrected chi connectivity index (χ4v) is 1.87. The highest BCUT2D eigenvalue weighted by Gasteiger charge is 2.01. The van der Waals surface area contributed by atoms with Crippen molar-refractivity contribution in [3.63, 3.8) is 0 Å². The summed E-state index contributed by atoms with van der Waals surface area (Å²) in [6.07, 6.45) is 1.86. The fourth-order valence-electron chi connectivity index (χ4n) is 1.87. The summed E-state index contributed by atoms with van der Waals surface area (Å²) >= 11 is 0. The van der Waals surface area contributed by atoms with Gasteiger partial charge in [-0.1, -0.05) is 17.7 Å². The number of hydrogen-bond acceptors (Lipinski definition) is 2. The molecule has 1 aromatic heterocycles. The maximum absolute atomic E-state index is 5.46. The molecule has 0 fully saturated rings. The van der Waals surface area contributed by atoms with E-state index in [0.29, 0.717) is 0 Å². The second-order valence-corrected chi connectivity index (χ2v) is 4.42. The van der Waals surface area contributed by atoms with Crippen LogP contribution in [-0.2, 0) is 0 Å². The Morgan fingerprint density at radius 1 is 1.06 bits per heavy atom. The number of aryl methyl sites for hydroxylation is 4. The van der Waals surface area contributed by atoms with Gasteiger partial charge in [0.15, 0.2) is 0 Å². The molecule has 0 unspecified atom stereocenters. The molecule has 0 aliphatic heterocycles. The zero-order valence-electron chi connectivity index (χ0n) is 10.7. The van der Waals surface area contributed by atoms with Gasteiger partial charge in [0.1, 0.15) is 11.5 Å². The van der Waals surface area contributed by atoms with E-state index in [1.807, 2.05) is 32.2 Å². The molecule has 0 radical (unpaired) electrons. The minimum absolute atomic E-state index is 0.913. The molecule has 2 aromatic rings. The van der Waals surface area contributed by atoms with Gasteiger partial charge in [0.2, 0.25) is 0 Å². The smallest absolute Gasteiger partial charge is 0.109 e. The first-order valence-corrected chi connectivity index (χ1v) is 5.74. The molecule has 88 valence electrons. The molecule has 0 bridgehead atoms. The molecule has 2 heteroatoms. The molecule has 0 aliphatic rings. The molecule has 0 aliphatic carbocycles. The number of benzene rings is 1. The Kier molecular flexibility index (Phi) is 3.14. The quantitative estimate of drug-likeness (QED) is 0.703. The van der Waals surface area contributed by atoms with Crippen molar-refractivity contribution in [2.75, 3.05) is 0 Å². The zero-order chi connectivity index (χ0) is 12.4. The molecule has 1 aromatic carbocycles. The molecule has 1 heterocycles. The Hall–Kier alpha value is -1.83. The van der Waals surface area contributed by atoms with Crippen molar-refractivity contribution in [1.82, 2.24) is 0 Å². The van der Waals surface area contributed by atoms with Gasteiger partial charge in [-0.15, -0.1) is 0 Å². The Balaban J connectivity index is 2.29. The predicted octanol–water partition coefficient (Wildman–Crippen LogP) is 4.26. The van der Waals surface area contributed by atoms with Gasteiger partial charge < -0.3 is 4.42 Å². The van der Waals surface area contributed by atoms with Crippen molar-refractivity contribution in [2.45, 2.75) is 27.7 Å². The van der Waals surface area contributed by atoms with E-state index in [0.717, 1.165) is 22.8 Å². The van der Waals surface area contributed by atoms with Crippen LogP contribution in [0.4, 0.5) is 5.69 Å². The first-order valence-electron chi connectivity index (χ1n) is 5.74. The van der Waals surface area contributed by atoms with Gasteiger partial charge in [0.25, 0.3) is 0 Å². The van der Waals surface area contributed by atoms with Crippen LogP contribution in [0.1, 0.15) is 28.2 Å². The van der Waals surface area contributed by atoms with Crippen LogP contribution in [0.25, 0.3) is 0 Å². The van der Waals surface area contributed by atoms with Crippen molar-refractivity contribution in [1.29, 1.82) is 0 Å². The summed E-state index contributed by atoms with van der Waals surface area (Å²) in [6.45, 7) is 8.06. The molecule has 0 saturated heterocycles. The molecule has 2 rings (SSSR count). The highest BCUT2D eigenvalue weighted by Crippen LogP contribution is 2.20. The normalized spacial score (nSPS) is 11.3. The third kappa shape index (κ3) is 2.64. The fraction of sp³-hybridized carbons (Fsp3) is 0.267. The SMILES string of the molecule is Cc1ccc(N=Cc2cc(C)oc2C)c(C)c1. The molecule has 0 amide bonds. The molecule has 0 saturated carbocycles. The van der Waals surface area contributed by atoms with Crippen LogP contribution in [0.5, 0.6) is 0 Å². The molecule has 2 nitrogen and oxygen atoms in total. The lowest BCUT2D eigenvalue weighted by Crippen LogP contribution is -1.81. The number of nitrogens with zero attached hydrogens (tertiary/aromatic N) is 1. The van der Waals surface area contributed by atoms with Crippen LogP contribution >= 0.6 is 0 Å². The van der Waals surface area contributed by atoms with Gasteiger partial charge in [-0.05, 0) is 45.4 Å². The first-order chi connectivity index (χ1) is 8.06. The second kappa shape index (κ2) is 4.58. The maximum Gasteiger partial charge on any atom is 0.109 e. The Labute approximate surface area is 102 Å². The summed E-state index contributed by atoms with van der Waals surface area (Å²) < 4.78 is 5.46. The van der Waals surface area contributed by atoms with E-state index in [1.165, 1.54) is 11.1 Å². The van der Waals surface area contributed by atoms with E-state index in [4.69, 9.17) is 4.42 Å². The molecule has 0 spiro atoms. The average molecular weight is 227 g/mol. The Morgan fingerprint density at radius 2 is 1.82 bits per heavy atom. The monoisotopic (exact) mass is 227 g/mol. The van der Waals surface area contributed by atoms with Crippen LogP contribution in [0.3, 0.4) is 0 Å². The maximum atomic E-state index is 5.46. The number of rotatable bonds is 2. The van der Waals surface area contributed by atoms with E-state index in [2.05, 4.69) is 31.0 Å². The van der Waals surface area contributed by atoms with Crippen molar-refractivity contribution >= 4 is 11.9 Å². The van der Waals surface area contributed by atoms with Crippen LogP contribution in [-0.4, -0.2) is 6.21 Å². The largest absolute Gasteiger partial charge is 0.466 e. The highest BCUT2D eigenvalue weighted by molar-refractivity contribution is 5.83. The van der Waals surface area contributed by atoms with Crippen LogP contribution in [0.2, 0.25) is 0 Å². The summed E-state index contributed by atoms with van der Waals surface area (Å²) in [6, 6.07) is 8.26. The lowest BCUT2D eigenvalue weighted by Gasteiger charge is -2.00. The molecular weight excluding hydrogens is 210 g/mol. The van der Waals surface area contributed by atoms with Crippen molar-refractivity contribution < 1.29 is 4.42 Å². The van der Waals surface area contributed by atoms with Crippen molar-refractivity contribution in [3.05, 3.63) is 52.5 Å². The number of hydrogen-bond donors (Lipinski definition) is 0. The summed E-state index contributed by atoms with van der Waals surface area (Å²) in [5, 5.41) is 0. The Bertz CT molecular complexity index is 564. The van der Waals surface area contributed by atoms with E-state index in [-0.39, 0.29) is 0 Å². The molecule has 0 N–H and O–H groups in total. The lowest BCUT2D eigenvalue weighted by molar-refractivity contribution is 0.504. The summed E-state index contributed by atoms with van der Waals surface area (Å²) in [4.78, 5) is 4.51. The van der Waals surface area contributed by atoms with E-state index < -0.39 is 0 Å². The van der Waals surface area contributed by atoms with Crippen molar-refractivity contribution in [3.8, 4) is 0 Å². The minimum Gasteiger partial charge on any atom is -0.466 e. The number of aliphatic imine (C=N–C) groups is 1. The van der Waals surface area contributed by atoms with Crippen LogP contribution < -0.4 is 0 Å². The summed E-state index contributed by atoms with van der Waals surface area (Å²) in [5.74, 6) is 1.83. The van der Waals surface area contributed by atoms with E-state index in [1.54, 1.807) is 0 Å². The first kappa shape index (κ1) is 11.6. The summed E-state index contributed by atoms with van der Waals surface area (Å²) in [7, 11) is 0. The van der Waals surface area contributed by atoms with E-state index in [9.17, 15) is 0 Å². The number of furan rings is 1. The molecule has 17 heavy (non-hydrogen) atoms. The third-order valence-corrected chi connectivity index (χ3v) is 2.77. The third-order valence-electron chi connectivity index (χ3n) is 2.77. The highest BCUT2D eigenvalue weighted by atomic mass is 16.3.